The summed E-state index contributed by atoms with van der Waals surface area (Å²) >= 11 is 6.15. The predicted molar refractivity (Wildman–Crippen MR) is 156 cm³/mol. The number of fused-ring (bicyclic) bond motifs is 4. The van der Waals surface area contributed by atoms with Gasteiger partial charge in [0.25, 0.3) is 0 Å². The lowest BCUT2D eigenvalue weighted by molar-refractivity contribution is 0.474. The number of para-hydroxylation sites is 3. The van der Waals surface area contributed by atoms with E-state index < -0.39 is 0 Å². The lowest BCUT2D eigenvalue weighted by Gasteiger charge is -2.40. The predicted octanol–water partition coefficient (Wildman–Crippen LogP) is 7.34. The normalized spacial score (nSPS) is 15.5. The van der Waals surface area contributed by atoms with Crippen molar-refractivity contribution in [2.45, 2.75) is 13.0 Å². The van der Waals surface area contributed by atoms with Gasteiger partial charge in [-0.2, -0.15) is 5.10 Å². The maximum absolute atomic E-state index is 10.5. The van der Waals surface area contributed by atoms with Crippen LogP contribution in [0.25, 0.3) is 5.69 Å². The number of anilines is 2. The number of aryl methyl sites for hydroxylation is 1. The Morgan fingerprint density at radius 3 is 2.41 bits per heavy atom. The Morgan fingerprint density at radius 2 is 1.62 bits per heavy atom. The molecule has 2 aliphatic heterocycles. The number of amidine groups is 2. The zero-order valence-corrected chi connectivity index (χ0v) is 21.7. The lowest BCUT2D eigenvalue weighted by Crippen LogP contribution is -2.46. The second kappa shape index (κ2) is 9.15. The summed E-state index contributed by atoms with van der Waals surface area (Å²) in [4.78, 5) is 12.4. The molecule has 3 heterocycles. The molecular weight excluding hydrogens is 508 g/mol. The van der Waals surface area contributed by atoms with Crippen molar-refractivity contribution >= 4 is 46.2 Å². The van der Waals surface area contributed by atoms with Crippen molar-refractivity contribution in [1.82, 2.24) is 9.78 Å². The molecule has 8 heteroatoms. The van der Waals surface area contributed by atoms with Gasteiger partial charge in [-0.1, -0.05) is 54.1 Å². The number of nitrogens with zero attached hydrogens (tertiary/aromatic N) is 5. The fourth-order valence-electron chi connectivity index (χ4n) is 5.23. The van der Waals surface area contributed by atoms with Gasteiger partial charge in [-0.15, -0.1) is 0 Å². The number of phenols is 1. The maximum Gasteiger partial charge on any atom is 0.179 e. The first-order valence-corrected chi connectivity index (χ1v) is 13.0. The van der Waals surface area contributed by atoms with Crippen LogP contribution in [0, 0.1) is 6.92 Å². The minimum absolute atomic E-state index is 0.199. The zero-order chi connectivity index (χ0) is 26.5. The summed E-state index contributed by atoms with van der Waals surface area (Å²) in [5, 5.41) is 19.6. The van der Waals surface area contributed by atoms with Gasteiger partial charge in [0.2, 0.25) is 0 Å². The summed E-state index contributed by atoms with van der Waals surface area (Å²) in [7, 11) is 0. The molecule has 0 radical (unpaired) electrons. The van der Waals surface area contributed by atoms with Gasteiger partial charge in [0, 0.05) is 16.3 Å². The summed E-state index contributed by atoms with van der Waals surface area (Å²) in [6.45, 7) is 2.01. The molecule has 7 rings (SSSR count). The molecule has 0 spiro atoms. The van der Waals surface area contributed by atoms with Crippen LogP contribution in [0.2, 0.25) is 5.02 Å². The highest BCUT2D eigenvalue weighted by atomic mass is 35.5. The third-order valence-electron chi connectivity index (χ3n) is 6.93. The minimum atomic E-state index is -0.310. The van der Waals surface area contributed by atoms with Crippen LogP contribution in [-0.2, 0) is 0 Å². The van der Waals surface area contributed by atoms with Crippen LogP contribution in [0.15, 0.2) is 113 Å². The van der Waals surface area contributed by atoms with Crippen molar-refractivity contribution in [3.63, 3.8) is 0 Å². The third-order valence-corrected chi connectivity index (χ3v) is 7.18. The molecular formula is C31H23ClN6O. The van der Waals surface area contributed by atoms with Gasteiger partial charge in [0.1, 0.15) is 5.75 Å². The van der Waals surface area contributed by atoms with Crippen molar-refractivity contribution < 1.29 is 5.11 Å². The SMILES string of the molecule is Cc1nn(-c2ccccc2)c2c1[C@H](c1cccc(O)c1)N1C(=N2)C(Nc2ccc(Cl)cc2)=Nc2ccccc21. The van der Waals surface area contributed by atoms with E-state index in [2.05, 4.69) is 10.2 Å². The molecule has 2 N–H and O–H groups in total. The van der Waals surface area contributed by atoms with Crippen molar-refractivity contribution in [3.8, 4) is 11.4 Å². The monoisotopic (exact) mass is 530 g/mol. The molecule has 0 saturated carbocycles. The molecule has 0 saturated heterocycles. The van der Waals surface area contributed by atoms with E-state index in [1.54, 1.807) is 12.1 Å². The van der Waals surface area contributed by atoms with Crippen molar-refractivity contribution in [1.29, 1.82) is 0 Å². The van der Waals surface area contributed by atoms with Gasteiger partial charge in [0.15, 0.2) is 17.5 Å². The Kier molecular flexibility index (Phi) is 5.45. The van der Waals surface area contributed by atoms with Crippen LogP contribution >= 0.6 is 11.6 Å². The third kappa shape index (κ3) is 3.95. The molecule has 2 aliphatic rings. The number of phenolic OH excluding ortho intramolecular Hbond substituents is 1. The number of hydrogen-bond donors (Lipinski definition) is 2. The topological polar surface area (TPSA) is 78.0 Å². The number of benzene rings is 4. The molecule has 0 aliphatic carbocycles. The number of hydrogen-bond acceptors (Lipinski definition) is 6. The second-order valence-corrected chi connectivity index (χ2v) is 9.89. The summed E-state index contributed by atoms with van der Waals surface area (Å²) in [5.74, 6) is 2.18. The Balaban J connectivity index is 1.50. The van der Waals surface area contributed by atoms with Crippen LogP contribution in [0.4, 0.5) is 22.9 Å². The smallest absolute Gasteiger partial charge is 0.179 e. The van der Waals surface area contributed by atoms with Crippen molar-refractivity contribution in [2.24, 2.45) is 9.98 Å². The standard InChI is InChI=1S/C31H23ClN6O/c1-19-27-28(20-8-7-11-24(39)18-20)37-26-13-6-5-12-25(26)34-29(33-22-16-14-21(32)15-17-22)31(37)35-30(27)38(36-19)23-9-3-2-4-10-23/h2-18,28,39H,1H3,(H,33,34)/t28-/m0/s1. The highest BCUT2D eigenvalue weighted by molar-refractivity contribution is 6.51. The number of aliphatic imine (C=N–C) groups is 2. The van der Waals surface area contributed by atoms with E-state index in [1.165, 1.54) is 0 Å². The highest BCUT2D eigenvalue weighted by Gasteiger charge is 2.41. The van der Waals surface area contributed by atoms with E-state index >= 15 is 0 Å². The first-order valence-electron chi connectivity index (χ1n) is 12.6. The number of aromatic nitrogens is 2. The second-order valence-electron chi connectivity index (χ2n) is 9.45. The van der Waals surface area contributed by atoms with Crippen LogP contribution in [0.1, 0.15) is 22.9 Å². The number of aromatic hydroxyl groups is 1. The lowest BCUT2D eigenvalue weighted by atomic mass is 9.93. The Labute approximate surface area is 230 Å². The van der Waals surface area contributed by atoms with Gasteiger partial charge in [-0.25, -0.2) is 14.7 Å². The van der Waals surface area contributed by atoms with E-state index in [0.29, 0.717) is 16.7 Å². The van der Waals surface area contributed by atoms with E-state index in [0.717, 1.165) is 45.4 Å². The molecule has 7 nitrogen and oxygen atoms in total. The minimum Gasteiger partial charge on any atom is -0.508 e. The number of rotatable bonds is 3. The summed E-state index contributed by atoms with van der Waals surface area (Å²) in [6, 6.07) is 32.6. The van der Waals surface area contributed by atoms with Crippen molar-refractivity contribution in [2.75, 3.05) is 10.2 Å². The molecule has 39 heavy (non-hydrogen) atoms. The first kappa shape index (κ1) is 23.3. The summed E-state index contributed by atoms with van der Waals surface area (Å²) in [6.07, 6.45) is 0. The molecule has 1 aromatic heterocycles. The largest absolute Gasteiger partial charge is 0.508 e. The fraction of sp³-hybridized carbons (Fsp3) is 0.0645. The maximum atomic E-state index is 10.5. The molecule has 0 unspecified atom stereocenters. The Hall–Kier alpha value is -4.88. The fourth-order valence-corrected chi connectivity index (χ4v) is 5.35. The molecule has 4 aromatic carbocycles. The zero-order valence-electron chi connectivity index (χ0n) is 21.0. The van der Waals surface area contributed by atoms with Crippen molar-refractivity contribution in [3.05, 3.63) is 125 Å². The molecule has 5 aromatic rings. The van der Waals surface area contributed by atoms with Gasteiger partial charge in [0.05, 0.1) is 28.8 Å². The first-order chi connectivity index (χ1) is 19.1. The quantitative estimate of drug-likeness (QED) is 0.256. The number of nitrogens with one attached hydrogen (secondary N) is 1. The summed E-state index contributed by atoms with van der Waals surface area (Å²) < 4.78 is 1.88. The average molecular weight is 531 g/mol. The summed E-state index contributed by atoms with van der Waals surface area (Å²) in [5.41, 5.74) is 6.23. The Bertz CT molecular complexity index is 1780. The molecule has 0 bridgehead atoms. The molecule has 190 valence electrons. The van der Waals surface area contributed by atoms with Crippen LogP contribution in [0.3, 0.4) is 0 Å². The van der Waals surface area contributed by atoms with Gasteiger partial charge in [-0.05, 0) is 73.2 Å². The van der Waals surface area contributed by atoms with E-state index in [-0.39, 0.29) is 11.8 Å². The van der Waals surface area contributed by atoms with Crippen LogP contribution < -0.4 is 10.2 Å². The van der Waals surface area contributed by atoms with Gasteiger partial charge in [-0.3, -0.25) is 0 Å². The van der Waals surface area contributed by atoms with Gasteiger partial charge >= 0.3 is 0 Å². The van der Waals surface area contributed by atoms with Crippen LogP contribution in [-0.4, -0.2) is 26.6 Å². The average Bonchev–Trinajstić information content (AvgIpc) is 3.29. The molecule has 0 fully saturated rings. The van der Waals surface area contributed by atoms with Crippen LogP contribution in [0.5, 0.6) is 5.75 Å². The molecule has 0 amide bonds. The molecule has 1 atom stereocenters. The van der Waals surface area contributed by atoms with E-state index in [9.17, 15) is 5.11 Å². The van der Waals surface area contributed by atoms with E-state index in [4.69, 9.17) is 26.7 Å². The number of halogens is 1. The Morgan fingerprint density at radius 1 is 0.846 bits per heavy atom. The van der Waals surface area contributed by atoms with Gasteiger partial charge < -0.3 is 15.3 Å². The highest BCUT2D eigenvalue weighted by Crippen LogP contribution is 2.48. The van der Waals surface area contributed by atoms with E-state index in [1.807, 2.05) is 103 Å².